The number of amides is 2. The first kappa shape index (κ1) is 13.9. The molecule has 0 bridgehead atoms. The number of carbonyl (C=O) groups excluding carboxylic acids is 1. The van der Waals surface area contributed by atoms with E-state index in [0.29, 0.717) is 0 Å². The van der Waals surface area contributed by atoms with Crippen LogP contribution in [0.4, 0.5) is 16.2 Å². The number of carbonyl (C=O) groups is 1. The lowest BCUT2D eigenvalue weighted by Gasteiger charge is -2.15. The third kappa shape index (κ3) is 3.03. The first-order valence-corrected chi connectivity index (χ1v) is 7.90. The molecular formula is C16H19N3OS. The van der Waals surface area contributed by atoms with Crippen LogP contribution in [-0.2, 0) is 6.54 Å². The summed E-state index contributed by atoms with van der Waals surface area (Å²) in [6.07, 6.45) is 0. The number of nitrogens with zero attached hydrogens (tertiary/aromatic N) is 1. The summed E-state index contributed by atoms with van der Waals surface area (Å²) in [6.45, 7) is 6.58. The molecule has 0 spiro atoms. The maximum atomic E-state index is 11.6. The largest absolute Gasteiger partial charge is 0.381 e. The number of anilines is 2. The molecule has 1 fully saturated rings. The molecule has 2 aromatic rings. The van der Waals surface area contributed by atoms with E-state index in [-0.39, 0.29) is 6.03 Å². The van der Waals surface area contributed by atoms with Crippen LogP contribution >= 0.6 is 11.3 Å². The topological polar surface area (TPSA) is 44.4 Å². The molecular weight excluding hydrogens is 282 g/mol. The summed E-state index contributed by atoms with van der Waals surface area (Å²) in [5.74, 6) is 0. The Morgan fingerprint density at radius 3 is 2.62 bits per heavy atom. The maximum Gasteiger partial charge on any atom is 0.321 e. The van der Waals surface area contributed by atoms with Gasteiger partial charge in [0.1, 0.15) is 0 Å². The van der Waals surface area contributed by atoms with Gasteiger partial charge in [-0.3, -0.25) is 4.90 Å². The zero-order valence-electron chi connectivity index (χ0n) is 12.3. The highest BCUT2D eigenvalue weighted by Crippen LogP contribution is 2.23. The normalized spacial score (nSPS) is 14.4. The number of urea groups is 1. The van der Waals surface area contributed by atoms with E-state index in [1.54, 1.807) is 4.90 Å². The van der Waals surface area contributed by atoms with E-state index in [2.05, 4.69) is 30.5 Å². The minimum Gasteiger partial charge on any atom is -0.381 e. The molecule has 5 heteroatoms. The van der Waals surface area contributed by atoms with Crippen LogP contribution in [0.1, 0.15) is 15.3 Å². The molecule has 1 aliphatic heterocycles. The van der Waals surface area contributed by atoms with Gasteiger partial charge in [0, 0.05) is 40.8 Å². The average molecular weight is 301 g/mol. The van der Waals surface area contributed by atoms with E-state index in [9.17, 15) is 4.79 Å². The van der Waals surface area contributed by atoms with Gasteiger partial charge < -0.3 is 10.6 Å². The molecule has 0 saturated carbocycles. The summed E-state index contributed by atoms with van der Waals surface area (Å²) in [5.41, 5.74) is 3.36. The number of benzene rings is 1. The summed E-state index contributed by atoms with van der Waals surface area (Å²) < 4.78 is 0. The number of aryl methyl sites for hydroxylation is 2. The second kappa shape index (κ2) is 5.77. The maximum absolute atomic E-state index is 11.6. The molecule has 0 aliphatic carbocycles. The monoisotopic (exact) mass is 301 g/mol. The Kier molecular flexibility index (Phi) is 3.84. The molecule has 1 aromatic carbocycles. The molecule has 2 heterocycles. The van der Waals surface area contributed by atoms with Crippen LogP contribution in [0.5, 0.6) is 0 Å². The third-order valence-electron chi connectivity index (χ3n) is 3.66. The van der Waals surface area contributed by atoms with Crippen LogP contribution < -0.4 is 15.5 Å². The van der Waals surface area contributed by atoms with Crippen molar-refractivity contribution in [2.45, 2.75) is 20.4 Å². The Labute approximate surface area is 128 Å². The lowest BCUT2D eigenvalue weighted by molar-refractivity contribution is 0.252. The minimum atomic E-state index is -0.0138. The quantitative estimate of drug-likeness (QED) is 0.907. The molecule has 4 nitrogen and oxygen atoms in total. The highest BCUT2D eigenvalue weighted by molar-refractivity contribution is 7.12. The predicted molar refractivity (Wildman–Crippen MR) is 88.3 cm³/mol. The van der Waals surface area contributed by atoms with Gasteiger partial charge >= 0.3 is 6.03 Å². The molecule has 110 valence electrons. The molecule has 3 rings (SSSR count). The van der Waals surface area contributed by atoms with E-state index in [4.69, 9.17) is 0 Å². The first-order valence-electron chi connectivity index (χ1n) is 7.09. The van der Waals surface area contributed by atoms with Crippen molar-refractivity contribution in [2.24, 2.45) is 0 Å². The fourth-order valence-corrected chi connectivity index (χ4v) is 3.48. The number of thiophene rings is 1. The summed E-state index contributed by atoms with van der Waals surface area (Å²) in [6, 6.07) is 10.2. The minimum absolute atomic E-state index is 0.0138. The molecule has 21 heavy (non-hydrogen) atoms. The number of hydrogen-bond acceptors (Lipinski definition) is 3. The SMILES string of the molecule is Cc1cc(CNc2ccc(N3CCNC3=O)cc2)c(C)s1. The standard InChI is InChI=1S/C16H19N3OS/c1-11-9-13(12(2)21-11)10-18-14-3-5-15(6-4-14)19-8-7-17-16(19)20/h3-6,9,18H,7-8,10H2,1-2H3,(H,17,20). The fourth-order valence-electron chi connectivity index (χ4n) is 2.53. The third-order valence-corrected chi connectivity index (χ3v) is 4.67. The van der Waals surface area contributed by atoms with Crippen molar-refractivity contribution in [3.05, 3.63) is 45.6 Å². The summed E-state index contributed by atoms with van der Waals surface area (Å²) >= 11 is 1.83. The van der Waals surface area contributed by atoms with Crippen LogP contribution in [0.15, 0.2) is 30.3 Å². The number of nitrogens with one attached hydrogen (secondary N) is 2. The Morgan fingerprint density at radius 1 is 1.29 bits per heavy atom. The Bertz CT molecular complexity index is 648. The second-order valence-electron chi connectivity index (χ2n) is 5.22. The van der Waals surface area contributed by atoms with Gasteiger partial charge in [0.2, 0.25) is 0 Å². The Hall–Kier alpha value is -2.01. The van der Waals surface area contributed by atoms with E-state index in [1.165, 1.54) is 15.3 Å². The molecule has 0 radical (unpaired) electrons. The fraction of sp³-hybridized carbons (Fsp3) is 0.312. The lowest BCUT2D eigenvalue weighted by Crippen LogP contribution is -2.27. The molecule has 2 N–H and O–H groups in total. The van der Waals surface area contributed by atoms with Gasteiger partial charge in [-0.25, -0.2) is 4.79 Å². The smallest absolute Gasteiger partial charge is 0.321 e. The van der Waals surface area contributed by atoms with Crippen molar-refractivity contribution in [1.29, 1.82) is 0 Å². The molecule has 1 saturated heterocycles. The zero-order chi connectivity index (χ0) is 14.8. The van der Waals surface area contributed by atoms with Gasteiger partial charge in [-0.1, -0.05) is 0 Å². The molecule has 0 atom stereocenters. The Morgan fingerprint density at radius 2 is 2.05 bits per heavy atom. The Balaban J connectivity index is 1.64. The summed E-state index contributed by atoms with van der Waals surface area (Å²) in [4.78, 5) is 16.1. The van der Waals surface area contributed by atoms with Gasteiger partial charge in [-0.15, -0.1) is 11.3 Å². The van der Waals surface area contributed by atoms with E-state index < -0.39 is 0 Å². The van der Waals surface area contributed by atoms with E-state index in [1.807, 2.05) is 35.6 Å². The molecule has 2 amide bonds. The van der Waals surface area contributed by atoms with E-state index in [0.717, 1.165) is 31.0 Å². The van der Waals surface area contributed by atoms with Crippen LogP contribution in [0.3, 0.4) is 0 Å². The average Bonchev–Trinajstić information content (AvgIpc) is 3.03. The van der Waals surface area contributed by atoms with Gasteiger partial charge in [0.25, 0.3) is 0 Å². The van der Waals surface area contributed by atoms with Crippen molar-refractivity contribution in [3.8, 4) is 0 Å². The van der Waals surface area contributed by atoms with Crippen molar-refractivity contribution < 1.29 is 4.79 Å². The van der Waals surface area contributed by atoms with Gasteiger partial charge in [-0.05, 0) is 49.7 Å². The summed E-state index contributed by atoms with van der Waals surface area (Å²) in [5, 5.41) is 6.24. The van der Waals surface area contributed by atoms with Crippen LogP contribution in [0.25, 0.3) is 0 Å². The van der Waals surface area contributed by atoms with Gasteiger partial charge in [-0.2, -0.15) is 0 Å². The van der Waals surface area contributed by atoms with Crippen molar-refractivity contribution in [3.63, 3.8) is 0 Å². The highest BCUT2D eigenvalue weighted by Gasteiger charge is 2.20. The summed E-state index contributed by atoms with van der Waals surface area (Å²) in [7, 11) is 0. The zero-order valence-corrected chi connectivity index (χ0v) is 13.1. The first-order chi connectivity index (χ1) is 10.1. The van der Waals surface area contributed by atoms with Crippen molar-refractivity contribution in [2.75, 3.05) is 23.3 Å². The van der Waals surface area contributed by atoms with Gasteiger partial charge in [0.15, 0.2) is 0 Å². The second-order valence-corrected chi connectivity index (χ2v) is 6.68. The van der Waals surface area contributed by atoms with E-state index >= 15 is 0 Å². The van der Waals surface area contributed by atoms with Crippen molar-refractivity contribution >= 4 is 28.7 Å². The van der Waals surface area contributed by atoms with Gasteiger partial charge in [0.05, 0.1) is 0 Å². The molecule has 0 unspecified atom stereocenters. The number of rotatable bonds is 4. The lowest BCUT2D eigenvalue weighted by atomic mass is 10.2. The van der Waals surface area contributed by atoms with Crippen LogP contribution in [-0.4, -0.2) is 19.1 Å². The predicted octanol–water partition coefficient (Wildman–Crippen LogP) is 3.51. The van der Waals surface area contributed by atoms with Crippen LogP contribution in [0.2, 0.25) is 0 Å². The molecule has 1 aliphatic rings. The van der Waals surface area contributed by atoms with Crippen LogP contribution in [0, 0.1) is 13.8 Å². The highest BCUT2D eigenvalue weighted by atomic mass is 32.1. The number of hydrogen-bond donors (Lipinski definition) is 2. The van der Waals surface area contributed by atoms with Crippen molar-refractivity contribution in [1.82, 2.24) is 5.32 Å². The molecule has 1 aromatic heterocycles.